The number of hydrogen-bond donors (Lipinski definition) is 1. The molecule has 1 N–H and O–H groups in total. The quantitative estimate of drug-likeness (QED) is 0.303. The summed E-state index contributed by atoms with van der Waals surface area (Å²) >= 11 is 0. The molecule has 42 heavy (non-hydrogen) atoms. The van der Waals surface area contributed by atoms with Crippen molar-refractivity contribution in [3.05, 3.63) is 82.8 Å². The second-order valence-electron chi connectivity index (χ2n) is 11.4. The molecule has 8 nitrogen and oxygen atoms in total. The molecule has 0 saturated carbocycles. The Bertz CT molecular complexity index is 1410. The van der Waals surface area contributed by atoms with Crippen molar-refractivity contribution < 1.29 is 33.1 Å². The summed E-state index contributed by atoms with van der Waals surface area (Å²) in [6.07, 6.45) is 1.38. The number of nitrogens with one attached hydrogen (secondary N) is 1. The predicted octanol–water partition coefficient (Wildman–Crippen LogP) is 6.27. The first-order valence-corrected chi connectivity index (χ1v) is 14.0. The Balaban J connectivity index is 1.35. The lowest BCUT2D eigenvalue weighted by Gasteiger charge is -2.32. The first-order valence-electron chi connectivity index (χ1n) is 14.0. The standard InChI is InChI=1S/C33H38BNO7/c1-32(2)33(3,4)42-34(41-32)22(16-21-17-28(37-5)30(39-7)29(18-21)38-6)19-35-31(36)40-20-27-25-14-10-8-12-23(25)24-13-9-11-15-26(24)27/h8-18,27H,19-20H2,1-7H3,(H,35,36). The van der Waals surface area contributed by atoms with Gasteiger partial charge in [-0.25, -0.2) is 4.79 Å². The van der Waals surface area contributed by atoms with Crippen LogP contribution in [0.4, 0.5) is 4.79 Å². The fraction of sp³-hybridized carbons (Fsp3) is 0.364. The summed E-state index contributed by atoms with van der Waals surface area (Å²) < 4.78 is 35.0. The van der Waals surface area contributed by atoms with Crippen LogP contribution in [0.1, 0.15) is 50.3 Å². The van der Waals surface area contributed by atoms with E-state index in [1.54, 1.807) is 21.3 Å². The van der Waals surface area contributed by atoms with Crippen LogP contribution in [0.5, 0.6) is 17.2 Å². The van der Waals surface area contributed by atoms with Gasteiger partial charge in [-0.15, -0.1) is 0 Å². The average molecular weight is 571 g/mol. The van der Waals surface area contributed by atoms with E-state index < -0.39 is 24.4 Å². The zero-order chi connectivity index (χ0) is 30.1. The van der Waals surface area contributed by atoms with Crippen molar-refractivity contribution >= 4 is 19.3 Å². The first-order chi connectivity index (χ1) is 20.1. The zero-order valence-corrected chi connectivity index (χ0v) is 25.3. The summed E-state index contributed by atoms with van der Waals surface area (Å²) in [5.41, 5.74) is 5.03. The number of amides is 1. The number of benzene rings is 3. The van der Waals surface area contributed by atoms with E-state index in [-0.39, 0.29) is 19.1 Å². The number of hydrogen-bond acceptors (Lipinski definition) is 7. The Morgan fingerprint density at radius 3 is 1.88 bits per heavy atom. The van der Waals surface area contributed by atoms with Gasteiger partial charge < -0.3 is 33.6 Å². The molecule has 1 saturated heterocycles. The Labute approximate surface area is 248 Å². The van der Waals surface area contributed by atoms with E-state index in [1.165, 1.54) is 11.1 Å². The van der Waals surface area contributed by atoms with E-state index in [2.05, 4.69) is 29.6 Å². The number of alkyl carbamates (subject to hydrolysis) is 1. The maximum absolute atomic E-state index is 13.0. The van der Waals surface area contributed by atoms with Crippen molar-refractivity contribution in [2.75, 3.05) is 34.5 Å². The molecule has 1 aliphatic heterocycles. The highest BCUT2D eigenvalue weighted by Gasteiger charge is 2.52. The van der Waals surface area contributed by atoms with E-state index in [0.717, 1.165) is 16.7 Å². The van der Waals surface area contributed by atoms with Gasteiger partial charge in [-0.3, -0.25) is 0 Å². The van der Waals surface area contributed by atoms with Crippen LogP contribution >= 0.6 is 0 Å². The molecule has 1 fully saturated rings. The van der Waals surface area contributed by atoms with Gasteiger partial charge in [0.2, 0.25) is 5.75 Å². The van der Waals surface area contributed by atoms with Crippen molar-refractivity contribution in [2.24, 2.45) is 0 Å². The van der Waals surface area contributed by atoms with Gasteiger partial charge in [0.05, 0.1) is 32.5 Å². The molecule has 3 aromatic carbocycles. The van der Waals surface area contributed by atoms with Crippen LogP contribution in [0.15, 0.2) is 66.1 Å². The molecule has 1 amide bonds. The van der Waals surface area contributed by atoms with Crippen LogP contribution in [0.25, 0.3) is 17.2 Å². The smallest absolute Gasteiger partial charge is 0.492 e. The monoisotopic (exact) mass is 571 g/mol. The van der Waals surface area contributed by atoms with Crippen LogP contribution in [0.3, 0.4) is 0 Å². The number of methoxy groups -OCH3 is 3. The maximum Gasteiger partial charge on any atom is 0.492 e. The zero-order valence-electron chi connectivity index (χ0n) is 25.3. The second kappa shape index (κ2) is 11.7. The maximum atomic E-state index is 13.0. The molecule has 0 spiro atoms. The second-order valence-corrected chi connectivity index (χ2v) is 11.4. The van der Waals surface area contributed by atoms with Crippen LogP contribution in [-0.4, -0.2) is 58.9 Å². The minimum atomic E-state index is -0.692. The normalized spacial score (nSPS) is 16.9. The van der Waals surface area contributed by atoms with Gasteiger partial charge in [-0.2, -0.15) is 0 Å². The van der Waals surface area contributed by atoms with E-state index in [0.29, 0.717) is 22.7 Å². The molecule has 0 bridgehead atoms. The molecule has 0 unspecified atom stereocenters. The van der Waals surface area contributed by atoms with E-state index >= 15 is 0 Å². The third-order valence-corrected chi connectivity index (χ3v) is 8.38. The highest BCUT2D eigenvalue weighted by Crippen LogP contribution is 2.45. The van der Waals surface area contributed by atoms with Gasteiger partial charge in [0, 0.05) is 12.5 Å². The Morgan fingerprint density at radius 1 is 0.857 bits per heavy atom. The highest BCUT2D eigenvalue weighted by molar-refractivity contribution is 6.56. The average Bonchev–Trinajstić information content (AvgIpc) is 3.41. The van der Waals surface area contributed by atoms with Crippen LogP contribution in [-0.2, 0) is 14.0 Å². The largest absolute Gasteiger partial charge is 0.493 e. The molecular weight excluding hydrogens is 533 g/mol. The van der Waals surface area contributed by atoms with Crippen molar-refractivity contribution in [2.45, 2.75) is 44.8 Å². The Hall–Kier alpha value is -3.95. The summed E-state index contributed by atoms with van der Waals surface area (Å²) in [5.74, 6) is 1.49. The number of ether oxygens (including phenoxy) is 4. The first kappa shape index (κ1) is 29.5. The van der Waals surface area contributed by atoms with Gasteiger partial charge >= 0.3 is 13.2 Å². The minimum Gasteiger partial charge on any atom is -0.493 e. The molecule has 3 aromatic rings. The van der Waals surface area contributed by atoms with Crippen LogP contribution < -0.4 is 19.5 Å². The van der Waals surface area contributed by atoms with Crippen LogP contribution in [0.2, 0.25) is 0 Å². The SMILES string of the molecule is COc1cc(C=C(CNC(=O)OCC2c3ccccc3-c3ccccc32)B2OC(C)(C)C(C)(C)O2)cc(OC)c1OC. The van der Waals surface area contributed by atoms with Crippen molar-refractivity contribution in [3.63, 3.8) is 0 Å². The molecule has 0 radical (unpaired) electrons. The third kappa shape index (κ3) is 5.59. The number of carbonyl (C=O) groups excluding carboxylic acids is 1. The molecule has 220 valence electrons. The molecule has 5 rings (SSSR count). The lowest BCUT2D eigenvalue weighted by molar-refractivity contribution is 0.00578. The highest BCUT2D eigenvalue weighted by atomic mass is 16.7. The van der Waals surface area contributed by atoms with Gasteiger partial charge in [0.1, 0.15) is 6.61 Å². The summed E-state index contributed by atoms with van der Waals surface area (Å²) in [4.78, 5) is 13.0. The topological polar surface area (TPSA) is 84.5 Å². The van der Waals surface area contributed by atoms with Crippen molar-refractivity contribution in [1.29, 1.82) is 0 Å². The lowest BCUT2D eigenvalue weighted by atomic mass is 9.77. The lowest BCUT2D eigenvalue weighted by Crippen LogP contribution is -2.41. The number of fused-ring (bicyclic) bond motifs is 3. The Kier molecular flexibility index (Phi) is 8.26. The van der Waals surface area contributed by atoms with Crippen molar-refractivity contribution in [3.8, 4) is 28.4 Å². The van der Waals surface area contributed by atoms with Crippen LogP contribution in [0, 0.1) is 0 Å². The van der Waals surface area contributed by atoms with E-state index in [4.69, 9.17) is 28.3 Å². The molecule has 1 aliphatic carbocycles. The number of carbonyl (C=O) groups is 1. The molecule has 9 heteroatoms. The van der Waals surface area contributed by atoms with E-state index in [9.17, 15) is 4.79 Å². The van der Waals surface area contributed by atoms with Crippen molar-refractivity contribution in [1.82, 2.24) is 5.32 Å². The van der Waals surface area contributed by atoms with E-state index in [1.807, 2.05) is 70.2 Å². The Morgan fingerprint density at radius 2 is 1.38 bits per heavy atom. The summed E-state index contributed by atoms with van der Waals surface area (Å²) in [5, 5.41) is 2.91. The molecule has 0 atom stereocenters. The fourth-order valence-electron chi connectivity index (χ4n) is 5.42. The van der Waals surface area contributed by atoms with Gasteiger partial charge in [0.15, 0.2) is 11.5 Å². The predicted molar refractivity (Wildman–Crippen MR) is 163 cm³/mol. The summed E-state index contributed by atoms with van der Waals surface area (Å²) in [7, 11) is 4.00. The fourth-order valence-corrected chi connectivity index (χ4v) is 5.42. The summed E-state index contributed by atoms with van der Waals surface area (Å²) in [6, 6.07) is 20.2. The molecular formula is C33H38BNO7. The van der Waals surface area contributed by atoms with Gasteiger partial charge in [-0.1, -0.05) is 54.6 Å². The number of rotatable bonds is 9. The van der Waals surface area contributed by atoms with Gasteiger partial charge in [-0.05, 0) is 73.1 Å². The molecule has 1 heterocycles. The molecule has 0 aromatic heterocycles. The molecule has 2 aliphatic rings. The minimum absolute atomic E-state index is 0.0273. The van der Waals surface area contributed by atoms with Gasteiger partial charge in [0.25, 0.3) is 0 Å². The summed E-state index contributed by atoms with van der Waals surface area (Å²) in [6.45, 7) is 8.32. The third-order valence-electron chi connectivity index (χ3n) is 8.38.